The van der Waals surface area contributed by atoms with Crippen LogP contribution in [-0.4, -0.2) is 22.8 Å². The van der Waals surface area contributed by atoms with Gasteiger partial charge in [-0.05, 0) is 19.3 Å². The van der Waals surface area contributed by atoms with Gasteiger partial charge in [0.2, 0.25) is 0 Å². The molecule has 0 aromatic heterocycles. The predicted octanol–water partition coefficient (Wildman–Crippen LogP) is 1.08. The number of rotatable bonds is 2. The number of carboxylic acids is 1. The van der Waals surface area contributed by atoms with Crippen LogP contribution in [0.5, 0.6) is 0 Å². The van der Waals surface area contributed by atoms with E-state index in [0.29, 0.717) is 6.42 Å². The van der Waals surface area contributed by atoms with Gasteiger partial charge in [0.1, 0.15) is 6.04 Å². The Bertz CT molecular complexity index is 174. The molecule has 0 aromatic carbocycles. The van der Waals surface area contributed by atoms with Crippen LogP contribution in [0.2, 0.25) is 0 Å². The fourth-order valence-electron chi connectivity index (χ4n) is 1.10. The topological polar surface area (TPSA) is 49.7 Å². The summed E-state index contributed by atoms with van der Waals surface area (Å²) >= 11 is 0. The van der Waals surface area contributed by atoms with E-state index in [4.69, 9.17) is 5.11 Å². The van der Waals surface area contributed by atoms with Gasteiger partial charge in [0, 0.05) is 5.71 Å². The van der Waals surface area contributed by atoms with Gasteiger partial charge in [-0.25, -0.2) is 4.79 Å². The van der Waals surface area contributed by atoms with Crippen molar-refractivity contribution in [3.63, 3.8) is 0 Å². The predicted molar refractivity (Wildman–Crippen MR) is 38.4 cm³/mol. The first-order chi connectivity index (χ1) is 4.74. The van der Waals surface area contributed by atoms with E-state index in [-0.39, 0.29) is 0 Å². The number of carboxylic acid groups (broad SMARTS) is 1. The maximum absolute atomic E-state index is 10.4. The molecule has 1 N–H and O–H groups in total. The molecule has 1 atom stereocenters. The molecule has 3 nitrogen and oxygen atoms in total. The van der Waals surface area contributed by atoms with E-state index < -0.39 is 12.0 Å². The van der Waals surface area contributed by atoms with Crippen LogP contribution in [0, 0.1) is 0 Å². The van der Waals surface area contributed by atoms with E-state index in [0.717, 1.165) is 18.6 Å². The number of nitrogens with zero attached hydrogens (tertiary/aromatic N) is 1. The van der Waals surface area contributed by atoms with Crippen LogP contribution < -0.4 is 0 Å². The molecular formula is C7H11NO2. The van der Waals surface area contributed by atoms with Gasteiger partial charge in [0.05, 0.1) is 0 Å². The lowest BCUT2D eigenvalue weighted by molar-refractivity contribution is -0.138. The van der Waals surface area contributed by atoms with Crippen molar-refractivity contribution in [1.29, 1.82) is 0 Å². The van der Waals surface area contributed by atoms with Crippen molar-refractivity contribution in [1.82, 2.24) is 0 Å². The van der Waals surface area contributed by atoms with Crippen LogP contribution in [0.15, 0.2) is 4.99 Å². The Labute approximate surface area is 59.8 Å². The zero-order valence-electron chi connectivity index (χ0n) is 6.00. The van der Waals surface area contributed by atoms with Crippen LogP contribution in [0.4, 0.5) is 0 Å². The highest BCUT2D eigenvalue weighted by Gasteiger charge is 2.21. The van der Waals surface area contributed by atoms with Gasteiger partial charge in [0.15, 0.2) is 0 Å². The normalized spacial score (nSPS) is 24.5. The minimum absolute atomic E-state index is 0.449. The van der Waals surface area contributed by atoms with Gasteiger partial charge in [-0.2, -0.15) is 0 Å². The quantitative estimate of drug-likeness (QED) is 0.625. The molecule has 1 aliphatic rings. The highest BCUT2D eigenvalue weighted by atomic mass is 16.4. The summed E-state index contributed by atoms with van der Waals surface area (Å²) < 4.78 is 0. The van der Waals surface area contributed by atoms with Crippen molar-refractivity contribution >= 4 is 11.7 Å². The lowest BCUT2D eigenvalue weighted by atomic mass is 10.2. The van der Waals surface area contributed by atoms with E-state index in [9.17, 15) is 4.79 Å². The molecule has 0 amide bonds. The molecule has 10 heavy (non-hydrogen) atoms. The first kappa shape index (κ1) is 7.25. The van der Waals surface area contributed by atoms with E-state index in [1.54, 1.807) is 0 Å². The SMILES string of the molecule is CCC1=N[C@@H](C(=O)O)CC1. The Morgan fingerprint density at radius 3 is 2.90 bits per heavy atom. The number of hydrogen-bond acceptors (Lipinski definition) is 2. The number of aliphatic imine (C=N–C) groups is 1. The van der Waals surface area contributed by atoms with E-state index in [1.165, 1.54) is 0 Å². The average Bonchev–Trinajstić information content (AvgIpc) is 2.34. The van der Waals surface area contributed by atoms with Crippen molar-refractivity contribution < 1.29 is 9.90 Å². The third-order valence-corrected chi connectivity index (χ3v) is 1.74. The van der Waals surface area contributed by atoms with Crippen molar-refractivity contribution in [3.8, 4) is 0 Å². The zero-order valence-corrected chi connectivity index (χ0v) is 6.00. The second-order valence-electron chi connectivity index (χ2n) is 2.44. The molecule has 0 unspecified atom stereocenters. The lowest BCUT2D eigenvalue weighted by Crippen LogP contribution is -2.13. The van der Waals surface area contributed by atoms with Crippen molar-refractivity contribution in [2.45, 2.75) is 32.2 Å². The molecule has 0 aromatic rings. The van der Waals surface area contributed by atoms with Crippen molar-refractivity contribution in [3.05, 3.63) is 0 Å². The number of hydrogen-bond donors (Lipinski definition) is 1. The van der Waals surface area contributed by atoms with Gasteiger partial charge in [-0.3, -0.25) is 4.99 Å². The minimum atomic E-state index is -0.788. The Morgan fingerprint density at radius 1 is 1.90 bits per heavy atom. The van der Waals surface area contributed by atoms with E-state index in [2.05, 4.69) is 4.99 Å². The van der Waals surface area contributed by atoms with Crippen LogP contribution in [-0.2, 0) is 4.79 Å². The van der Waals surface area contributed by atoms with Gasteiger partial charge in [0.25, 0.3) is 0 Å². The van der Waals surface area contributed by atoms with Crippen LogP contribution in [0.25, 0.3) is 0 Å². The van der Waals surface area contributed by atoms with Gasteiger partial charge < -0.3 is 5.11 Å². The van der Waals surface area contributed by atoms with E-state index in [1.807, 2.05) is 6.92 Å². The second kappa shape index (κ2) is 2.82. The molecule has 56 valence electrons. The number of aliphatic carboxylic acids is 1. The van der Waals surface area contributed by atoms with Gasteiger partial charge in [-0.1, -0.05) is 6.92 Å². The first-order valence-corrected chi connectivity index (χ1v) is 3.52. The Balaban J connectivity index is 2.55. The Kier molecular flexibility index (Phi) is 2.04. The molecule has 1 rings (SSSR count). The number of carbonyl (C=O) groups is 1. The van der Waals surface area contributed by atoms with Crippen molar-refractivity contribution in [2.24, 2.45) is 4.99 Å². The maximum atomic E-state index is 10.4. The summed E-state index contributed by atoms with van der Waals surface area (Å²) in [5.74, 6) is -0.788. The monoisotopic (exact) mass is 141 g/mol. The molecular weight excluding hydrogens is 130 g/mol. The molecule has 0 fully saturated rings. The first-order valence-electron chi connectivity index (χ1n) is 3.52. The summed E-state index contributed by atoms with van der Waals surface area (Å²) in [6.45, 7) is 2.00. The Morgan fingerprint density at radius 2 is 2.60 bits per heavy atom. The second-order valence-corrected chi connectivity index (χ2v) is 2.44. The summed E-state index contributed by atoms with van der Waals surface area (Å²) in [6.07, 6.45) is 2.45. The zero-order chi connectivity index (χ0) is 7.56. The van der Waals surface area contributed by atoms with Crippen LogP contribution in [0.3, 0.4) is 0 Å². The molecule has 0 radical (unpaired) electrons. The highest BCUT2D eigenvalue weighted by Crippen LogP contribution is 2.14. The van der Waals surface area contributed by atoms with Crippen LogP contribution in [0.1, 0.15) is 26.2 Å². The largest absolute Gasteiger partial charge is 0.480 e. The highest BCUT2D eigenvalue weighted by molar-refractivity contribution is 5.90. The molecule has 1 heterocycles. The summed E-state index contributed by atoms with van der Waals surface area (Å²) in [6, 6.07) is -0.449. The van der Waals surface area contributed by atoms with Crippen molar-refractivity contribution in [2.75, 3.05) is 0 Å². The molecule has 0 saturated carbocycles. The lowest BCUT2D eigenvalue weighted by Gasteiger charge is -1.94. The molecule has 3 heteroatoms. The van der Waals surface area contributed by atoms with Gasteiger partial charge in [-0.15, -0.1) is 0 Å². The molecule has 0 bridgehead atoms. The molecule has 1 aliphatic heterocycles. The van der Waals surface area contributed by atoms with Gasteiger partial charge >= 0.3 is 5.97 Å². The smallest absolute Gasteiger partial charge is 0.328 e. The third-order valence-electron chi connectivity index (χ3n) is 1.74. The molecule has 0 aliphatic carbocycles. The summed E-state index contributed by atoms with van der Waals surface area (Å²) in [7, 11) is 0. The maximum Gasteiger partial charge on any atom is 0.328 e. The van der Waals surface area contributed by atoms with Crippen LogP contribution >= 0.6 is 0 Å². The molecule has 0 saturated heterocycles. The fourth-order valence-corrected chi connectivity index (χ4v) is 1.10. The minimum Gasteiger partial charge on any atom is -0.480 e. The molecule has 0 spiro atoms. The average molecular weight is 141 g/mol. The Hall–Kier alpha value is -0.860. The summed E-state index contributed by atoms with van der Waals surface area (Å²) in [4.78, 5) is 14.4. The van der Waals surface area contributed by atoms with E-state index >= 15 is 0 Å². The standard InChI is InChI=1S/C7H11NO2/c1-2-5-3-4-6(8-5)7(9)10/h6H,2-4H2,1H3,(H,9,10)/t6-/m1/s1. The summed E-state index contributed by atoms with van der Waals surface area (Å²) in [5, 5.41) is 8.52. The summed E-state index contributed by atoms with van der Waals surface area (Å²) in [5.41, 5.74) is 1.05. The fraction of sp³-hybridized carbons (Fsp3) is 0.714. The third kappa shape index (κ3) is 1.35.